The van der Waals surface area contributed by atoms with Crippen molar-refractivity contribution in [3.8, 4) is 0 Å². The first-order valence-electron chi connectivity index (χ1n) is 6.60. The predicted molar refractivity (Wildman–Crippen MR) is 72.1 cm³/mol. The number of fused-ring (bicyclic) bond motifs is 1. The molecule has 96 valence electrons. The Morgan fingerprint density at radius 2 is 1.83 bits per heavy atom. The van der Waals surface area contributed by atoms with E-state index in [-0.39, 0.29) is 22.2 Å². The molecule has 1 saturated carbocycles. The average molecular weight is 263 g/mol. The van der Waals surface area contributed by atoms with Crippen LogP contribution in [0.2, 0.25) is 0 Å². The monoisotopic (exact) mass is 263 g/mol. The van der Waals surface area contributed by atoms with Crippen molar-refractivity contribution in [2.45, 2.75) is 37.0 Å². The summed E-state index contributed by atoms with van der Waals surface area (Å²) in [7, 11) is 0. The molecule has 3 nitrogen and oxygen atoms in total. The van der Waals surface area contributed by atoms with Crippen molar-refractivity contribution in [3.05, 3.63) is 24.3 Å². The summed E-state index contributed by atoms with van der Waals surface area (Å²) in [5, 5.41) is 0.129. The topological polar surface area (TPSA) is 37.4 Å². The largest absolute Gasteiger partial charge is 0.331 e. The third-order valence-corrected chi connectivity index (χ3v) is 5.10. The average Bonchev–Trinajstić information content (AvgIpc) is 2.85. The Labute approximate surface area is 111 Å². The van der Waals surface area contributed by atoms with Crippen molar-refractivity contribution in [3.63, 3.8) is 0 Å². The molecular weight excluding hydrogens is 246 g/mol. The molecule has 0 radical (unpaired) electrons. The van der Waals surface area contributed by atoms with E-state index in [1.165, 1.54) is 24.6 Å². The van der Waals surface area contributed by atoms with Crippen LogP contribution in [0.15, 0.2) is 24.3 Å². The third kappa shape index (κ3) is 2.14. The van der Waals surface area contributed by atoms with E-state index in [0.717, 1.165) is 12.8 Å². The Balaban J connectivity index is 1.86. The van der Waals surface area contributed by atoms with Crippen LogP contribution in [-0.4, -0.2) is 33.8 Å². The molecule has 2 fully saturated rings. The number of carbonyl (C=O) groups excluding carboxylic acids is 2. The summed E-state index contributed by atoms with van der Waals surface area (Å²) in [6.45, 7) is 0.294. The van der Waals surface area contributed by atoms with Crippen LogP contribution >= 0.6 is 11.8 Å². The van der Waals surface area contributed by atoms with Gasteiger partial charge in [0, 0.05) is 11.3 Å². The number of amides is 1. The summed E-state index contributed by atoms with van der Waals surface area (Å²) in [5.41, 5.74) is 0. The quantitative estimate of drug-likeness (QED) is 0.727. The van der Waals surface area contributed by atoms with Crippen LogP contribution < -0.4 is 0 Å². The Morgan fingerprint density at radius 1 is 1.11 bits per heavy atom. The molecule has 1 amide bonds. The maximum absolute atomic E-state index is 12.6. The van der Waals surface area contributed by atoms with Crippen LogP contribution in [0.25, 0.3) is 0 Å². The molecule has 1 heterocycles. The van der Waals surface area contributed by atoms with Gasteiger partial charge in [0.15, 0.2) is 0 Å². The van der Waals surface area contributed by atoms with Crippen LogP contribution in [0.3, 0.4) is 0 Å². The molecule has 0 aromatic rings. The molecule has 4 heteroatoms. The lowest BCUT2D eigenvalue weighted by Crippen LogP contribution is -2.44. The fourth-order valence-corrected chi connectivity index (χ4v) is 4.08. The minimum Gasteiger partial charge on any atom is -0.331 e. The van der Waals surface area contributed by atoms with Crippen molar-refractivity contribution in [2.75, 3.05) is 6.54 Å². The minimum atomic E-state index is -0.146. The zero-order chi connectivity index (χ0) is 12.5. The van der Waals surface area contributed by atoms with Gasteiger partial charge >= 0.3 is 0 Å². The first-order valence-corrected chi connectivity index (χ1v) is 7.48. The van der Waals surface area contributed by atoms with Crippen LogP contribution in [0, 0.1) is 5.92 Å². The Bertz CT molecular complexity index is 424. The molecule has 1 saturated heterocycles. The highest BCUT2D eigenvalue weighted by Gasteiger charge is 2.39. The number of nitrogens with zero attached hydrogens (tertiary/aromatic N) is 1. The Morgan fingerprint density at radius 3 is 2.61 bits per heavy atom. The Hall–Kier alpha value is -1.03. The predicted octanol–water partition coefficient (Wildman–Crippen LogP) is 2.14. The highest BCUT2D eigenvalue weighted by atomic mass is 32.2. The van der Waals surface area contributed by atoms with Crippen LogP contribution in [-0.2, 0) is 9.59 Å². The number of carbonyl (C=O) groups is 2. The number of rotatable bonds is 1. The van der Waals surface area contributed by atoms with E-state index in [1.807, 2.05) is 29.2 Å². The summed E-state index contributed by atoms with van der Waals surface area (Å²) < 4.78 is 0. The van der Waals surface area contributed by atoms with Gasteiger partial charge in [-0.05, 0) is 12.8 Å². The van der Waals surface area contributed by atoms with Crippen molar-refractivity contribution in [2.24, 2.45) is 5.92 Å². The molecular formula is C14H17NO2S. The maximum Gasteiger partial charge on any atom is 0.231 e. The second-order valence-electron chi connectivity index (χ2n) is 5.15. The second-order valence-corrected chi connectivity index (χ2v) is 6.39. The van der Waals surface area contributed by atoms with E-state index in [0.29, 0.717) is 12.6 Å². The highest BCUT2D eigenvalue weighted by molar-refractivity contribution is 8.14. The molecule has 0 N–H and O–H groups in total. The number of hydrogen-bond donors (Lipinski definition) is 0. The number of allylic oxidation sites excluding steroid dienone is 2. The van der Waals surface area contributed by atoms with Gasteiger partial charge in [-0.2, -0.15) is 0 Å². The van der Waals surface area contributed by atoms with E-state index < -0.39 is 0 Å². The highest BCUT2D eigenvalue weighted by Crippen LogP contribution is 2.34. The molecule has 0 bridgehead atoms. The van der Waals surface area contributed by atoms with Crippen LogP contribution in [0.5, 0.6) is 0 Å². The van der Waals surface area contributed by atoms with Gasteiger partial charge < -0.3 is 4.90 Å². The van der Waals surface area contributed by atoms with E-state index in [2.05, 4.69) is 0 Å². The second kappa shape index (κ2) is 4.92. The van der Waals surface area contributed by atoms with Crippen molar-refractivity contribution < 1.29 is 9.59 Å². The smallest absolute Gasteiger partial charge is 0.231 e. The fraction of sp³-hybridized carbons (Fsp3) is 0.571. The molecule has 0 spiro atoms. The number of hydrogen-bond acceptors (Lipinski definition) is 3. The molecule has 2 unspecified atom stereocenters. The maximum atomic E-state index is 12.6. The standard InChI is InChI=1S/C14H17NO2S/c16-13-9-15(10-5-1-2-6-10)14(17)11-7-3-4-8-12(11)18-13/h3-4,7-8,10-12H,1-2,5-6,9H2. The minimum absolute atomic E-state index is 0.00130. The van der Waals surface area contributed by atoms with Gasteiger partial charge in [-0.3, -0.25) is 9.59 Å². The third-order valence-electron chi connectivity index (χ3n) is 3.98. The summed E-state index contributed by atoms with van der Waals surface area (Å²) in [5.74, 6) is -0.00194. The van der Waals surface area contributed by atoms with Crippen molar-refractivity contribution in [1.82, 2.24) is 4.90 Å². The zero-order valence-corrected chi connectivity index (χ0v) is 11.1. The Kier molecular flexibility index (Phi) is 3.29. The van der Waals surface area contributed by atoms with Gasteiger partial charge in [0.25, 0.3) is 0 Å². The van der Waals surface area contributed by atoms with Gasteiger partial charge in [0.1, 0.15) is 0 Å². The normalized spacial score (nSPS) is 32.8. The molecule has 18 heavy (non-hydrogen) atoms. The van der Waals surface area contributed by atoms with Gasteiger partial charge in [-0.25, -0.2) is 0 Å². The lowest BCUT2D eigenvalue weighted by molar-refractivity contribution is -0.137. The molecule has 3 aliphatic rings. The summed E-state index contributed by atoms with van der Waals surface area (Å²) in [6, 6.07) is 0.292. The van der Waals surface area contributed by atoms with Crippen LogP contribution in [0.4, 0.5) is 0 Å². The lowest BCUT2D eigenvalue weighted by atomic mass is 9.97. The molecule has 3 rings (SSSR count). The molecule has 1 aliphatic heterocycles. The zero-order valence-electron chi connectivity index (χ0n) is 10.2. The number of thioether (sulfide) groups is 1. The summed E-state index contributed by atoms with van der Waals surface area (Å²) in [6.07, 6.45) is 12.2. The van der Waals surface area contributed by atoms with Gasteiger partial charge in [0.2, 0.25) is 11.0 Å². The molecule has 2 aliphatic carbocycles. The van der Waals surface area contributed by atoms with Gasteiger partial charge in [-0.15, -0.1) is 0 Å². The molecule has 2 atom stereocenters. The molecule has 0 aromatic heterocycles. The lowest BCUT2D eigenvalue weighted by Gasteiger charge is -2.29. The summed E-state index contributed by atoms with van der Waals surface area (Å²) >= 11 is 1.32. The van der Waals surface area contributed by atoms with E-state index in [9.17, 15) is 9.59 Å². The van der Waals surface area contributed by atoms with Gasteiger partial charge in [0.05, 0.1) is 12.5 Å². The summed E-state index contributed by atoms with van der Waals surface area (Å²) in [4.78, 5) is 26.4. The first-order chi connectivity index (χ1) is 8.75. The SMILES string of the molecule is O=C1CN(C2CCCC2)C(=O)C2C=CC=CC2S1. The van der Waals surface area contributed by atoms with E-state index >= 15 is 0 Å². The fourth-order valence-electron chi connectivity index (χ4n) is 3.04. The van der Waals surface area contributed by atoms with Crippen molar-refractivity contribution >= 4 is 22.8 Å². The first kappa shape index (κ1) is 12.0. The van der Waals surface area contributed by atoms with E-state index in [1.54, 1.807) is 0 Å². The van der Waals surface area contributed by atoms with Gasteiger partial charge in [-0.1, -0.05) is 48.9 Å². The van der Waals surface area contributed by atoms with E-state index in [4.69, 9.17) is 0 Å². The van der Waals surface area contributed by atoms with Crippen molar-refractivity contribution in [1.29, 1.82) is 0 Å². The van der Waals surface area contributed by atoms with Crippen LogP contribution in [0.1, 0.15) is 25.7 Å². The molecule has 0 aromatic carbocycles.